The smallest absolute Gasteiger partial charge is 0.255 e. The quantitative estimate of drug-likeness (QED) is 0.830. The van der Waals surface area contributed by atoms with E-state index in [-0.39, 0.29) is 24.9 Å². The third-order valence-electron chi connectivity index (χ3n) is 3.57. The van der Waals surface area contributed by atoms with E-state index >= 15 is 0 Å². The summed E-state index contributed by atoms with van der Waals surface area (Å²) < 4.78 is 0. The first-order valence-electron chi connectivity index (χ1n) is 6.88. The molecule has 0 saturated carbocycles. The summed E-state index contributed by atoms with van der Waals surface area (Å²) in [5.74, 6) is -0.169. The Labute approximate surface area is 128 Å². The molecule has 0 unspecified atom stereocenters. The zero-order valence-corrected chi connectivity index (χ0v) is 13.1. The first kappa shape index (κ1) is 15.9. The molecule has 2 amide bonds. The molecule has 2 rings (SSSR count). The van der Waals surface area contributed by atoms with Crippen LogP contribution in [0.3, 0.4) is 0 Å². The van der Waals surface area contributed by atoms with Crippen LogP contribution in [0.25, 0.3) is 0 Å². The maximum absolute atomic E-state index is 12.7. The van der Waals surface area contributed by atoms with Crippen molar-refractivity contribution in [2.24, 2.45) is 0 Å². The van der Waals surface area contributed by atoms with Crippen LogP contribution in [0.2, 0.25) is 0 Å². The predicted molar refractivity (Wildman–Crippen MR) is 82.4 cm³/mol. The summed E-state index contributed by atoms with van der Waals surface area (Å²) in [6, 6.07) is 7.45. The van der Waals surface area contributed by atoms with E-state index in [0.29, 0.717) is 18.7 Å². The minimum absolute atomic E-state index is 0.0761. The number of β-amino-alcohol motifs (C(OH)–C–C–N with tert-alkyl or cyclic N) is 1. The van der Waals surface area contributed by atoms with Gasteiger partial charge >= 0.3 is 0 Å². The summed E-state index contributed by atoms with van der Waals surface area (Å²) in [6.45, 7) is 2.92. The molecule has 1 heterocycles. The molecule has 0 radical (unpaired) electrons. The standard InChI is InChI=1S/C15H20N2O3S/c1-11(18)16-7-8-17(10-12(19)9-16)15(20)13-5-3-4-6-14(13)21-2/h3-6,12,19H,7-10H2,1-2H3/t12-/m1/s1. The fraction of sp³-hybridized carbons (Fsp3) is 0.467. The van der Waals surface area contributed by atoms with Crippen molar-refractivity contribution in [3.8, 4) is 0 Å². The number of amides is 2. The van der Waals surface area contributed by atoms with Gasteiger partial charge in [-0.1, -0.05) is 12.1 Å². The van der Waals surface area contributed by atoms with Gasteiger partial charge in [-0.05, 0) is 18.4 Å². The normalized spacial score (nSPS) is 19.3. The fourth-order valence-corrected chi connectivity index (χ4v) is 3.04. The number of hydrogen-bond donors (Lipinski definition) is 1. The largest absolute Gasteiger partial charge is 0.389 e. The lowest BCUT2D eigenvalue weighted by Crippen LogP contribution is -2.37. The summed E-state index contributed by atoms with van der Waals surface area (Å²) in [5, 5.41) is 10.0. The van der Waals surface area contributed by atoms with Gasteiger partial charge in [0.15, 0.2) is 0 Å². The first-order chi connectivity index (χ1) is 10.0. The second-order valence-corrected chi connectivity index (χ2v) is 5.92. The Hall–Kier alpha value is -1.53. The number of thioether (sulfide) groups is 1. The molecule has 1 atom stereocenters. The van der Waals surface area contributed by atoms with E-state index in [1.807, 2.05) is 24.5 Å². The minimum Gasteiger partial charge on any atom is -0.389 e. The predicted octanol–water partition coefficient (Wildman–Crippen LogP) is 1.07. The minimum atomic E-state index is -0.707. The lowest BCUT2D eigenvalue weighted by atomic mass is 10.2. The van der Waals surface area contributed by atoms with E-state index in [4.69, 9.17) is 0 Å². The molecule has 21 heavy (non-hydrogen) atoms. The second kappa shape index (κ2) is 6.95. The zero-order chi connectivity index (χ0) is 15.4. The van der Waals surface area contributed by atoms with E-state index in [9.17, 15) is 14.7 Å². The van der Waals surface area contributed by atoms with E-state index in [1.54, 1.807) is 15.9 Å². The maximum Gasteiger partial charge on any atom is 0.255 e. The summed E-state index contributed by atoms with van der Waals surface area (Å²) >= 11 is 1.52. The number of aliphatic hydroxyl groups excluding tert-OH is 1. The van der Waals surface area contributed by atoms with Crippen LogP contribution >= 0.6 is 11.8 Å². The zero-order valence-electron chi connectivity index (χ0n) is 12.3. The van der Waals surface area contributed by atoms with Gasteiger partial charge in [0.05, 0.1) is 11.7 Å². The van der Waals surface area contributed by atoms with Crippen LogP contribution in [-0.4, -0.2) is 65.3 Å². The third-order valence-corrected chi connectivity index (χ3v) is 4.37. The average molecular weight is 308 g/mol. The Morgan fingerprint density at radius 2 is 1.81 bits per heavy atom. The van der Waals surface area contributed by atoms with Crippen molar-refractivity contribution < 1.29 is 14.7 Å². The van der Waals surface area contributed by atoms with Gasteiger partial charge in [0, 0.05) is 38.0 Å². The molecule has 1 aliphatic rings. The van der Waals surface area contributed by atoms with Gasteiger partial charge in [-0.2, -0.15) is 0 Å². The summed E-state index contributed by atoms with van der Waals surface area (Å²) in [6.07, 6.45) is 1.22. The average Bonchev–Trinajstić information content (AvgIpc) is 2.68. The molecular formula is C15H20N2O3S. The molecule has 5 nitrogen and oxygen atoms in total. The molecule has 1 aliphatic heterocycles. The van der Waals surface area contributed by atoms with E-state index in [0.717, 1.165) is 4.90 Å². The van der Waals surface area contributed by atoms with E-state index in [1.165, 1.54) is 18.7 Å². The highest BCUT2D eigenvalue weighted by atomic mass is 32.2. The van der Waals surface area contributed by atoms with Crippen LogP contribution in [0.15, 0.2) is 29.2 Å². The first-order valence-corrected chi connectivity index (χ1v) is 8.11. The number of hydrogen-bond acceptors (Lipinski definition) is 4. The van der Waals surface area contributed by atoms with Gasteiger partial charge in [-0.25, -0.2) is 0 Å². The van der Waals surface area contributed by atoms with Gasteiger partial charge in [-0.3, -0.25) is 9.59 Å². The van der Waals surface area contributed by atoms with Gasteiger partial charge in [-0.15, -0.1) is 11.8 Å². The van der Waals surface area contributed by atoms with Crippen LogP contribution in [0.4, 0.5) is 0 Å². The Morgan fingerprint density at radius 3 is 2.48 bits per heavy atom. The molecule has 1 fully saturated rings. The molecule has 1 aromatic carbocycles. The van der Waals surface area contributed by atoms with Crippen molar-refractivity contribution in [3.05, 3.63) is 29.8 Å². The highest BCUT2D eigenvalue weighted by Crippen LogP contribution is 2.22. The molecule has 0 spiro atoms. The molecule has 0 bridgehead atoms. The number of rotatable bonds is 2. The van der Waals surface area contributed by atoms with Gasteiger partial charge < -0.3 is 14.9 Å². The SMILES string of the molecule is CSc1ccccc1C(=O)N1CCN(C(C)=O)C[C@@H](O)C1. The molecule has 1 saturated heterocycles. The van der Waals surface area contributed by atoms with Crippen molar-refractivity contribution in [1.82, 2.24) is 9.80 Å². The van der Waals surface area contributed by atoms with Crippen molar-refractivity contribution >= 4 is 23.6 Å². The van der Waals surface area contributed by atoms with Crippen molar-refractivity contribution in [2.75, 3.05) is 32.4 Å². The Kier molecular flexibility index (Phi) is 5.25. The van der Waals surface area contributed by atoms with Crippen molar-refractivity contribution in [2.45, 2.75) is 17.9 Å². The Bertz CT molecular complexity index is 535. The van der Waals surface area contributed by atoms with Crippen LogP contribution in [0.5, 0.6) is 0 Å². The van der Waals surface area contributed by atoms with Crippen LogP contribution in [-0.2, 0) is 4.79 Å². The lowest BCUT2D eigenvalue weighted by molar-refractivity contribution is -0.129. The number of carbonyl (C=O) groups excluding carboxylic acids is 2. The van der Waals surface area contributed by atoms with Gasteiger partial charge in [0.25, 0.3) is 5.91 Å². The monoisotopic (exact) mass is 308 g/mol. The van der Waals surface area contributed by atoms with Crippen LogP contribution in [0.1, 0.15) is 17.3 Å². The molecule has 1 aromatic rings. The molecule has 0 aromatic heterocycles. The van der Waals surface area contributed by atoms with Crippen molar-refractivity contribution in [1.29, 1.82) is 0 Å². The summed E-state index contributed by atoms with van der Waals surface area (Å²) in [4.78, 5) is 28.2. The Balaban J connectivity index is 2.17. The molecular weight excluding hydrogens is 288 g/mol. The fourth-order valence-electron chi connectivity index (χ4n) is 2.45. The number of benzene rings is 1. The second-order valence-electron chi connectivity index (χ2n) is 5.07. The number of carbonyl (C=O) groups is 2. The molecule has 1 N–H and O–H groups in total. The highest BCUT2D eigenvalue weighted by Gasteiger charge is 2.27. The van der Waals surface area contributed by atoms with Gasteiger partial charge in [0.2, 0.25) is 5.91 Å². The van der Waals surface area contributed by atoms with E-state index < -0.39 is 6.10 Å². The molecule has 6 heteroatoms. The third kappa shape index (κ3) is 3.77. The van der Waals surface area contributed by atoms with Crippen LogP contribution < -0.4 is 0 Å². The molecule has 0 aliphatic carbocycles. The molecule has 114 valence electrons. The van der Waals surface area contributed by atoms with E-state index in [2.05, 4.69) is 0 Å². The summed E-state index contributed by atoms with van der Waals surface area (Å²) in [7, 11) is 0. The van der Waals surface area contributed by atoms with Gasteiger partial charge in [0.1, 0.15) is 0 Å². The van der Waals surface area contributed by atoms with Crippen molar-refractivity contribution in [3.63, 3.8) is 0 Å². The topological polar surface area (TPSA) is 60.9 Å². The number of aliphatic hydroxyl groups is 1. The Morgan fingerprint density at radius 1 is 1.19 bits per heavy atom. The summed E-state index contributed by atoms with van der Waals surface area (Å²) in [5.41, 5.74) is 0.647. The highest BCUT2D eigenvalue weighted by molar-refractivity contribution is 7.98. The maximum atomic E-state index is 12.7. The van der Waals surface area contributed by atoms with Crippen LogP contribution in [0, 0.1) is 0 Å². The number of nitrogens with zero attached hydrogens (tertiary/aromatic N) is 2. The lowest BCUT2D eigenvalue weighted by Gasteiger charge is -2.22.